The molecule has 0 radical (unpaired) electrons. The average molecular weight is 365 g/mol. The number of rotatable bonds is 5. The van der Waals surface area contributed by atoms with Crippen molar-refractivity contribution in [1.29, 1.82) is 0 Å². The lowest BCUT2D eigenvalue weighted by Crippen LogP contribution is -2.31. The quantitative estimate of drug-likeness (QED) is 0.553. The Labute approximate surface area is 157 Å². The number of amides is 1. The topological polar surface area (TPSA) is 79.8 Å². The van der Waals surface area contributed by atoms with Gasteiger partial charge in [0.2, 0.25) is 0 Å². The molecule has 0 aliphatic carbocycles. The molecule has 140 valence electrons. The van der Waals surface area contributed by atoms with Crippen molar-refractivity contribution >= 4 is 33.9 Å². The third-order valence-corrected chi connectivity index (χ3v) is 4.68. The summed E-state index contributed by atoms with van der Waals surface area (Å²) < 4.78 is 5.45. The molecular weight excluding hydrogens is 342 g/mol. The van der Waals surface area contributed by atoms with Crippen molar-refractivity contribution in [1.82, 2.24) is 0 Å². The van der Waals surface area contributed by atoms with Crippen LogP contribution < -0.4 is 21.2 Å². The van der Waals surface area contributed by atoms with Crippen LogP contribution in [-0.2, 0) is 0 Å². The van der Waals surface area contributed by atoms with Crippen LogP contribution in [0.5, 0.6) is 0 Å². The van der Waals surface area contributed by atoms with E-state index in [4.69, 9.17) is 10.2 Å². The van der Waals surface area contributed by atoms with E-state index in [1.807, 2.05) is 18.2 Å². The zero-order valence-electron chi connectivity index (χ0n) is 15.7. The molecule has 0 bridgehead atoms. The lowest BCUT2D eigenvalue weighted by molar-refractivity contribution is 0.0989. The summed E-state index contributed by atoms with van der Waals surface area (Å²) in [5.41, 5.74) is 7.69. The Bertz CT molecular complexity index is 1040. The second-order valence-electron chi connectivity index (χ2n) is 6.26. The fourth-order valence-corrected chi connectivity index (χ4v) is 3.12. The van der Waals surface area contributed by atoms with Gasteiger partial charge in [0.25, 0.3) is 5.91 Å². The molecule has 6 heteroatoms. The molecule has 0 saturated heterocycles. The Kier molecular flexibility index (Phi) is 5.16. The first-order valence-corrected chi connectivity index (χ1v) is 8.91. The standard InChI is InChI=1S/C21H23N3O3/c1-4-24(5-2)15-11-10-14-12-16(21(26)27-19(14)13-15)20(25)23(3)18-9-7-6-8-17(18)22/h6-13H,4-5,22H2,1-3H3. The number of carbonyl (C=O) groups is 1. The maximum absolute atomic E-state index is 12.8. The molecule has 0 fully saturated rings. The van der Waals surface area contributed by atoms with E-state index in [1.165, 1.54) is 4.90 Å². The number of anilines is 3. The van der Waals surface area contributed by atoms with Crippen molar-refractivity contribution in [2.45, 2.75) is 13.8 Å². The highest BCUT2D eigenvalue weighted by atomic mass is 16.4. The summed E-state index contributed by atoms with van der Waals surface area (Å²) in [7, 11) is 1.58. The van der Waals surface area contributed by atoms with E-state index in [-0.39, 0.29) is 5.56 Å². The first-order valence-electron chi connectivity index (χ1n) is 8.91. The SMILES string of the molecule is CCN(CC)c1ccc2cc(C(=O)N(C)c3ccccc3N)c(=O)oc2c1. The zero-order valence-corrected chi connectivity index (χ0v) is 15.7. The lowest BCUT2D eigenvalue weighted by Gasteiger charge is -2.21. The zero-order chi connectivity index (χ0) is 19.6. The summed E-state index contributed by atoms with van der Waals surface area (Å²) in [4.78, 5) is 28.8. The van der Waals surface area contributed by atoms with E-state index in [9.17, 15) is 9.59 Å². The third kappa shape index (κ3) is 3.51. The summed E-state index contributed by atoms with van der Waals surface area (Å²) in [6.07, 6.45) is 0. The highest BCUT2D eigenvalue weighted by Gasteiger charge is 2.20. The molecule has 1 aromatic heterocycles. The molecule has 0 aliphatic heterocycles. The van der Waals surface area contributed by atoms with Gasteiger partial charge in [-0.1, -0.05) is 12.1 Å². The summed E-state index contributed by atoms with van der Waals surface area (Å²) in [5.74, 6) is -0.462. The van der Waals surface area contributed by atoms with Crippen molar-refractivity contribution < 1.29 is 9.21 Å². The predicted octanol–water partition coefficient (Wildman–Crippen LogP) is 3.50. The van der Waals surface area contributed by atoms with Crippen LogP contribution in [0.2, 0.25) is 0 Å². The first-order chi connectivity index (χ1) is 13.0. The predicted molar refractivity (Wildman–Crippen MR) is 110 cm³/mol. The Balaban J connectivity index is 2.01. The van der Waals surface area contributed by atoms with Gasteiger partial charge in [0.1, 0.15) is 11.1 Å². The molecule has 1 amide bonds. The summed E-state index contributed by atoms with van der Waals surface area (Å²) in [6.45, 7) is 5.84. The van der Waals surface area contributed by atoms with E-state index >= 15 is 0 Å². The largest absolute Gasteiger partial charge is 0.422 e. The van der Waals surface area contributed by atoms with Crippen molar-refractivity contribution in [3.05, 3.63) is 64.5 Å². The molecule has 0 atom stereocenters. The van der Waals surface area contributed by atoms with Gasteiger partial charge in [0.15, 0.2) is 0 Å². The summed E-state index contributed by atoms with van der Waals surface area (Å²) in [5, 5.41) is 0.697. The molecule has 0 unspecified atom stereocenters. The summed E-state index contributed by atoms with van der Waals surface area (Å²) in [6, 6.07) is 14.2. The maximum atomic E-state index is 12.8. The highest BCUT2D eigenvalue weighted by molar-refractivity contribution is 6.08. The Morgan fingerprint density at radius 3 is 2.44 bits per heavy atom. The van der Waals surface area contributed by atoms with E-state index in [0.717, 1.165) is 18.8 Å². The van der Waals surface area contributed by atoms with Crippen molar-refractivity contribution in [2.24, 2.45) is 0 Å². The van der Waals surface area contributed by atoms with Gasteiger partial charge in [-0.2, -0.15) is 0 Å². The Morgan fingerprint density at radius 2 is 1.78 bits per heavy atom. The summed E-state index contributed by atoms with van der Waals surface area (Å²) >= 11 is 0. The molecule has 6 nitrogen and oxygen atoms in total. The number of nitrogens with zero attached hydrogens (tertiary/aromatic N) is 2. The number of hydrogen-bond acceptors (Lipinski definition) is 5. The van der Waals surface area contributed by atoms with Crippen LogP contribution in [0.15, 0.2) is 57.7 Å². The number of nitrogens with two attached hydrogens (primary N) is 1. The van der Waals surface area contributed by atoms with Crippen molar-refractivity contribution in [3.8, 4) is 0 Å². The molecule has 2 N–H and O–H groups in total. The van der Waals surface area contributed by atoms with Crippen LogP contribution in [0.1, 0.15) is 24.2 Å². The van der Waals surface area contributed by atoms with E-state index < -0.39 is 11.5 Å². The van der Waals surface area contributed by atoms with Gasteiger partial charge >= 0.3 is 5.63 Å². The first kappa shape index (κ1) is 18.5. The lowest BCUT2D eigenvalue weighted by atomic mass is 10.1. The minimum Gasteiger partial charge on any atom is -0.422 e. The number of hydrogen-bond donors (Lipinski definition) is 1. The normalized spacial score (nSPS) is 10.8. The fourth-order valence-electron chi connectivity index (χ4n) is 3.12. The molecule has 3 aromatic rings. The number of fused-ring (bicyclic) bond motifs is 1. The van der Waals surface area contributed by atoms with Gasteiger partial charge in [-0.25, -0.2) is 4.79 Å². The second-order valence-corrected chi connectivity index (χ2v) is 6.26. The molecule has 2 aromatic carbocycles. The number of nitrogen functional groups attached to an aromatic ring is 1. The monoisotopic (exact) mass is 365 g/mol. The van der Waals surface area contributed by atoms with E-state index in [1.54, 1.807) is 37.4 Å². The minimum absolute atomic E-state index is 0.0242. The van der Waals surface area contributed by atoms with Gasteiger partial charge < -0.3 is 20.0 Å². The van der Waals surface area contributed by atoms with E-state index in [2.05, 4.69) is 18.7 Å². The molecule has 3 rings (SSSR count). The highest BCUT2D eigenvalue weighted by Crippen LogP contribution is 2.25. The third-order valence-electron chi connectivity index (χ3n) is 4.68. The molecule has 0 aliphatic rings. The number of para-hydroxylation sites is 2. The van der Waals surface area contributed by atoms with Crippen LogP contribution in [0.4, 0.5) is 17.1 Å². The van der Waals surface area contributed by atoms with Gasteiger partial charge in [-0.05, 0) is 44.2 Å². The van der Waals surface area contributed by atoms with Gasteiger partial charge in [-0.15, -0.1) is 0 Å². The van der Waals surface area contributed by atoms with Gasteiger partial charge in [-0.3, -0.25) is 4.79 Å². The van der Waals surface area contributed by atoms with Gasteiger partial charge in [0, 0.05) is 37.3 Å². The number of carbonyl (C=O) groups excluding carboxylic acids is 1. The molecule has 27 heavy (non-hydrogen) atoms. The minimum atomic E-state index is -0.662. The molecule has 0 saturated carbocycles. The Morgan fingerprint density at radius 1 is 1.07 bits per heavy atom. The van der Waals surface area contributed by atoms with Gasteiger partial charge in [0.05, 0.1) is 11.4 Å². The van der Waals surface area contributed by atoms with Crippen LogP contribution in [0, 0.1) is 0 Å². The van der Waals surface area contributed by atoms with Crippen molar-refractivity contribution in [2.75, 3.05) is 35.7 Å². The second kappa shape index (κ2) is 7.53. The van der Waals surface area contributed by atoms with Crippen LogP contribution in [0.3, 0.4) is 0 Å². The van der Waals surface area contributed by atoms with Crippen LogP contribution in [0.25, 0.3) is 11.0 Å². The van der Waals surface area contributed by atoms with Crippen LogP contribution >= 0.6 is 0 Å². The van der Waals surface area contributed by atoms with Crippen molar-refractivity contribution in [3.63, 3.8) is 0 Å². The molecule has 0 spiro atoms. The van der Waals surface area contributed by atoms with E-state index in [0.29, 0.717) is 22.3 Å². The number of benzene rings is 2. The average Bonchev–Trinajstić information content (AvgIpc) is 2.67. The molecule has 1 heterocycles. The maximum Gasteiger partial charge on any atom is 0.349 e. The smallest absolute Gasteiger partial charge is 0.349 e. The molecular formula is C21H23N3O3. The fraction of sp³-hybridized carbons (Fsp3) is 0.238. The Hall–Kier alpha value is -3.28. The van der Waals surface area contributed by atoms with Crippen LogP contribution in [-0.4, -0.2) is 26.0 Å².